The molecule has 124 heavy (non-hydrogen) atoms. The Hall–Kier alpha value is -15.1. The van der Waals surface area contributed by atoms with Crippen molar-refractivity contribution < 1.29 is 0 Å². The van der Waals surface area contributed by atoms with E-state index in [9.17, 15) is 0 Å². The van der Waals surface area contributed by atoms with E-state index >= 15 is 0 Å². The zero-order valence-electron chi connectivity index (χ0n) is 67.0. The first-order valence-corrected chi connectivity index (χ1v) is 45.2. The number of nitrogens with zero attached hydrogens (tertiary/aromatic N) is 1. The number of para-hydroxylation sites is 2. The van der Waals surface area contributed by atoms with Crippen LogP contribution in [-0.4, -0.2) is 4.57 Å². The monoisotopic (exact) mass is 1620 g/mol. The Labute approximate surface area is 725 Å². The highest BCUT2D eigenvalue weighted by atomic mass is 32.1. The van der Waals surface area contributed by atoms with Crippen molar-refractivity contribution in [3.8, 4) is 94.7 Å². The van der Waals surface area contributed by atoms with Crippen LogP contribution in [-0.2, 0) is 0 Å². The summed E-state index contributed by atoms with van der Waals surface area (Å²) in [5.74, 6) is 0. The molecule has 27 rings (SSSR count). The van der Waals surface area contributed by atoms with Crippen LogP contribution in [0.5, 0.6) is 0 Å². The fourth-order valence-corrected chi connectivity index (χ4v) is 25.1. The largest absolute Gasteiger partial charge is 0.308 e. The third kappa shape index (κ3) is 10.6. The molecule has 0 aliphatic heterocycles. The van der Waals surface area contributed by atoms with E-state index < -0.39 is 0 Å². The smallest absolute Gasteiger partial charge is 0.0640 e. The van der Waals surface area contributed by atoms with Gasteiger partial charge in [0.05, 0.1) is 21.4 Å². The summed E-state index contributed by atoms with van der Waals surface area (Å²) in [5, 5.41) is 32.7. The average molecular weight is 1620 g/mol. The van der Waals surface area contributed by atoms with E-state index in [0.29, 0.717) is 0 Å². The number of aromatic nitrogens is 1. The lowest BCUT2D eigenvalue weighted by atomic mass is 9.87. The van der Waals surface area contributed by atoms with Crippen LogP contribution in [0.15, 0.2) is 419 Å². The third-order valence-electron chi connectivity index (χ3n) is 26.9. The summed E-state index contributed by atoms with van der Waals surface area (Å²) in [6.07, 6.45) is 0. The molecule has 0 N–H and O–H groups in total. The number of thiophene rings is 3. The van der Waals surface area contributed by atoms with Gasteiger partial charge in [0.2, 0.25) is 0 Å². The van der Waals surface area contributed by atoms with Gasteiger partial charge < -0.3 is 4.57 Å². The van der Waals surface area contributed by atoms with Crippen molar-refractivity contribution in [2.75, 3.05) is 0 Å². The molecule has 0 unspecified atom stereocenters. The van der Waals surface area contributed by atoms with E-state index in [-0.39, 0.29) is 0 Å². The fourth-order valence-electron chi connectivity index (χ4n) is 21.2. The summed E-state index contributed by atoms with van der Waals surface area (Å²) in [6.45, 7) is 0. The lowest BCUT2D eigenvalue weighted by Gasteiger charge is -2.17. The molecule has 1 nitrogen and oxygen atoms in total. The molecule has 0 saturated heterocycles. The molecule has 0 amide bonds. The average Bonchev–Trinajstić information content (AvgIpc) is 1.35. The van der Waals surface area contributed by atoms with Crippen molar-refractivity contribution >= 4 is 213 Å². The van der Waals surface area contributed by atoms with Gasteiger partial charge in [-0.05, 0) is 277 Å². The predicted octanol–water partition coefficient (Wildman–Crippen LogP) is 35.6. The van der Waals surface area contributed by atoms with Crippen molar-refractivity contribution in [2.24, 2.45) is 0 Å². The highest BCUT2D eigenvalue weighted by Crippen LogP contribution is 2.53. The zero-order chi connectivity index (χ0) is 80.9. The molecular weight excluding hydrogens is 1550 g/mol. The van der Waals surface area contributed by atoms with Crippen molar-refractivity contribution in [1.29, 1.82) is 0 Å². The maximum atomic E-state index is 2.51. The lowest BCUT2D eigenvalue weighted by molar-refractivity contribution is 1.20. The zero-order valence-corrected chi connectivity index (χ0v) is 69.5. The van der Waals surface area contributed by atoms with Crippen LogP contribution < -0.4 is 0 Å². The minimum atomic E-state index is 1.15. The summed E-state index contributed by atoms with van der Waals surface area (Å²) < 4.78 is 10.2. The lowest BCUT2D eigenvalue weighted by Crippen LogP contribution is -1.93. The van der Waals surface area contributed by atoms with Crippen LogP contribution in [0, 0.1) is 0 Å². The van der Waals surface area contributed by atoms with Crippen LogP contribution in [0.1, 0.15) is 0 Å². The number of fused-ring (bicyclic) bond motifs is 30. The van der Waals surface area contributed by atoms with Crippen LogP contribution in [0.25, 0.3) is 274 Å². The first kappa shape index (κ1) is 69.6. The van der Waals surface area contributed by atoms with Crippen LogP contribution in [0.4, 0.5) is 0 Å². The van der Waals surface area contributed by atoms with Crippen molar-refractivity contribution in [3.05, 3.63) is 419 Å². The molecule has 0 spiro atoms. The third-order valence-corrected chi connectivity index (χ3v) is 30.7. The van der Waals surface area contributed by atoms with Gasteiger partial charge in [-0.1, -0.05) is 322 Å². The molecule has 0 aliphatic carbocycles. The number of hydrogen-bond donors (Lipinski definition) is 0. The number of benzene rings is 23. The van der Waals surface area contributed by atoms with E-state index in [0.717, 1.165) is 27.8 Å². The number of hydrogen-bond acceptors (Lipinski definition) is 3. The van der Waals surface area contributed by atoms with Crippen LogP contribution in [0.2, 0.25) is 0 Å². The fraction of sp³-hybridized carbons (Fsp3) is 0. The molecule has 572 valence electrons. The maximum absolute atomic E-state index is 2.51. The molecule has 0 saturated carbocycles. The Morgan fingerprint density at radius 1 is 0.129 bits per heavy atom. The normalized spacial score (nSPS) is 12.2. The van der Waals surface area contributed by atoms with Gasteiger partial charge in [0.15, 0.2) is 0 Å². The van der Waals surface area contributed by atoms with Gasteiger partial charge in [0.25, 0.3) is 0 Å². The molecule has 0 fully saturated rings. The topological polar surface area (TPSA) is 4.93 Å². The SMILES string of the molecule is c1ccc(-c2cccc3c2sc2c(-c4cc(-c5cc(-c6ccc7c8ccccc8c8cc(-c9cc(-c%10ccc%11c%12ccccc%12c%12ccccc%12c%11c%10)c%10sc%11c(-n%12c%13ccccc%13c%13ccccc%13%12)cccc%11c%10c9)ccc8c7c6)cc(-c6cccc7c6sc6ccccc67)c5)cc(-c5ccc6c7ccccc7c7ccccc7c6c5)c4)cccc23)cc1. The first-order valence-electron chi connectivity index (χ1n) is 42.7. The Bertz CT molecular complexity index is 9210. The molecular formula is C120H69NS3. The van der Waals surface area contributed by atoms with E-state index in [1.165, 1.54) is 246 Å². The molecule has 0 radical (unpaired) electrons. The van der Waals surface area contributed by atoms with Crippen LogP contribution >= 0.6 is 34.0 Å². The molecule has 4 heterocycles. The molecule has 4 aromatic heterocycles. The summed E-state index contributed by atoms with van der Waals surface area (Å²) in [6, 6.07) is 159. The molecule has 27 aromatic rings. The first-order chi connectivity index (χ1) is 61.5. The molecule has 0 aliphatic rings. The van der Waals surface area contributed by atoms with E-state index in [1.54, 1.807) is 0 Å². The summed E-state index contributed by atoms with van der Waals surface area (Å²) in [5.41, 5.74) is 22.6. The standard InChI is InChI=1S/C120H69NS3/c1-2-24-70(25-3-1)82-39-20-43-103-104-44-22-41-84(118(104)123-117(82)103)81-61-76(71-50-54-95-89-30-6-4-26-85(89)87-28-8-11-33-92(87)107(95)64-71)59-78(63-81)77-58-75(60-80(62-77)83-40-21-42-102-101-38-16-19-49-115(101)122-116(83)102)72-51-55-96-91-32-10-13-35-94(91)108-66-73(52-56-98(108)109(96)65-72)79-68-106(74-53-57-97-90-31-7-5-27-86(90)88-29-9-12-34-93(88)110(97)67-74)119-111(69-79)105-45-23-48-114(120(105)124-119)121-112-46-17-14-36-99(112)100-37-15-18-47-113(100)121/h1-69H. The second kappa shape index (κ2) is 27.2. The van der Waals surface area contributed by atoms with Crippen molar-refractivity contribution in [2.45, 2.75) is 0 Å². The van der Waals surface area contributed by atoms with Crippen LogP contribution in [0.3, 0.4) is 0 Å². The minimum Gasteiger partial charge on any atom is -0.308 e. The van der Waals surface area contributed by atoms with Gasteiger partial charge >= 0.3 is 0 Å². The highest BCUT2D eigenvalue weighted by molar-refractivity contribution is 7.27. The Kier molecular flexibility index (Phi) is 15.3. The van der Waals surface area contributed by atoms with E-state index in [4.69, 9.17) is 0 Å². The van der Waals surface area contributed by atoms with E-state index in [1.807, 2.05) is 34.0 Å². The molecule has 0 atom stereocenters. The van der Waals surface area contributed by atoms with Gasteiger partial charge in [-0.2, -0.15) is 0 Å². The second-order valence-corrected chi connectivity index (χ2v) is 36.6. The summed E-state index contributed by atoms with van der Waals surface area (Å²) in [7, 11) is 0. The minimum absolute atomic E-state index is 1.15. The second-order valence-electron chi connectivity index (χ2n) is 33.5. The maximum Gasteiger partial charge on any atom is 0.0640 e. The van der Waals surface area contributed by atoms with Gasteiger partial charge in [0, 0.05) is 72.2 Å². The predicted molar refractivity (Wildman–Crippen MR) is 540 cm³/mol. The van der Waals surface area contributed by atoms with Gasteiger partial charge in [-0.3, -0.25) is 0 Å². The molecule has 23 aromatic carbocycles. The molecule has 0 bridgehead atoms. The molecule has 4 heteroatoms. The Balaban J connectivity index is 0.673. The van der Waals surface area contributed by atoms with Gasteiger partial charge in [0.1, 0.15) is 0 Å². The summed E-state index contributed by atoms with van der Waals surface area (Å²) in [4.78, 5) is 0. The van der Waals surface area contributed by atoms with Gasteiger partial charge in [-0.25, -0.2) is 0 Å². The Morgan fingerprint density at radius 2 is 0.411 bits per heavy atom. The van der Waals surface area contributed by atoms with E-state index in [2.05, 4.69) is 423 Å². The Morgan fingerprint density at radius 3 is 0.871 bits per heavy atom. The van der Waals surface area contributed by atoms with Crippen molar-refractivity contribution in [3.63, 3.8) is 0 Å². The van der Waals surface area contributed by atoms with Gasteiger partial charge in [-0.15, -0.1) is 34.0 Å². The highest BCUT2D eigenvalue weighted by Gasteiger charge is 2.25. The quantitative estimate of drug-likeness (QED) is 0.127. The summed E-state index contributed by atoms with van der Waals surface area (Å²) >= 11 is 5.74. The number of rotatable bonds is 9. The van der Waals surface area contributed by atoms with Crippen molar-refractivity contribution in [1.82, 2.24) is 4.57 Å².